The van der Waals surface area contributed by atoms with Crippen LogP contribution in [0, 0.1) is 5.82 Å². The van der Waals surface area contributed by atoms with Crippen LogP contribution in [0.5, 0.6) is 5.75 Å². The van der Waals surface area contributed by atoms with E-state index >= 15 is 0 Å². The Bertz CT molecular complexity index is 1640. The molecule has 1 amide bonds. The van der Waals surface area contributed by atoms with Gasteiger partial charge < -0.3 is 20.3 Å². The molecule has 4 heterocycles. The molecule has 1 saturated carbocycles. The van der Waals surface area contributed by atoms with Crippen molar-refractivity contribution >= 4 is 46.2 Å². The molecule has 0 bridgehead atoms. The van der Waals surface area contributed by atoms with Gasteiger partial charge in [0.1, 0.15) is 23.7 Å². The van der Waals surface area contributed by atoms with Crippen molar-refractivity contribution in [3.8, 4) is 5.75 Å². The second-order valence-electron chi connectivity index (χ2n) is 12.8. The fraction of sp³-hybridized carbons (Fsp3) is 0.457. The number of carbonyl (C=O) groups is 1. The lowest BCUT2D eigenvalue weighted by Gasteiger charge is -2.43. The van der Waals surface area contributed by atoms with E-state index in [0.29, 0.717) is 47.8 Å². The summed E-state index contributed by atoms with van der Waals surface area (Å²) in [5.41, 5.74) is 3.01. The van der Waals surface area contributed by atoms with Crippen LogP contribution in [0.3, 0.4) is 0 Å². The summed E-state index contributed by atoms with van der Waals surface area (Å²) in [6.07, 6.45) is 8.26. The zero-order valence-electron chi connectivity index (χ0n) is 27.2. The van der Waals surface area contributed by atoms with Gasteiger partial charge in [0.15, 0.2) is 5.82 Å². The highest BCUT2D eigenvalue weighted by Gasteiger charge is 2.34. The van der Waals surface area contributed by atoms with Crippen LogP contribution >= 0.6 is 11.6 Å². The van der Waals surface area contributed by atoms with E-state index in [1.165, 1.54) is 44.4 Å². The van der Waals surface area contributed by atoms with Gasteiger partial charge in [0.25, 0.3) is 0 Å². The number of piperidine rings is 1. The second-order valence-corrected chi connectivity index (χ2v) is 13.2. The van der Waals surface area contributed by atoms with Crippen LogP contribution in [0.15, 0.2) is 55.4 Å². The number of aromatic nitrogens is 2. The molecule has 4 fully saturated rings. The van der Waals surface area contributed by atoms with Crippen LogP contribution in [0.25, 0.3) is 0 Å². The molecule has 11 nitrogen and oxygen atoms in total. The first-order valence-electron chi connectivity index (χ1n) is 16.7. The van der Waals surface area contributed by atoms with Crippen molar-refractivity contribution in [2.24, 2.45) is 0 Å². The molecule has 7 rings (SSSR count). The lowest BCUT2D eigenvalue weighted by Crippen LogP contribution is -2.53. The molecule has 4 aliphatic rings. The van der Waals surface area contributed by atoms with Gasteiger partial charge >= 0.3 is 0 Å². The molecule has 1 aliphatic carbocycles. The highest BCUT2D eigenvalue weighted by molar-refractivity contribution is 6.30. The van der Waals surface area contributed by atoms with Gasteiger partial charge in [0, 0.05) is 69.9 Å². The standard InChI is InChI=1S/C35H42ClFN8O3/c1-3-35(46)41-28-19-29(40-33-21-34(39-22-38-33)45-30(10-17-48-45)23-4-7-27(37)26(36)18-23)32(47-2)20-31(28)44-11-8-25(9-12-44)43-15-13-42(14-16-43)24-5-6-24/h3-4,7,18-22,24-25,30H,1,5-6,8-17H2,2H3,(H,41,46)(H,38,39,40)/t30-/m1/s1. The topological polar surface area (TPSA) is 98.3 Å². The number of nitrogens with zero attached hydrogens (tertiary/aromatic N) is 6. The summed E-state index contributed by atoms with van der Waals surface area (Å²) in [6, 6.07) is 11.5. The van der Waals surface area contributed by atoms with Gasteiger partial charge in [-0.25, -0.2) is 19.4 Å². The van der Waals surface area contributed by atoms with Gasteiger partial charge in [-0.15, -0.1) is 0 Å². The Morgan fingerprint density at radius 3 is 2.38 bits per heavy atom. The Morgan fingerprint density at radius 2 is 1.71 bits per heavy atom. The maximum absolute atomic E-state index is 13.8. The first-order valence-corrected chi connectivity index (χ1v) is 17.1. The zero-order chi connectivity index (χ0) is 33.2. The Morgan fingerprint density at radius 1 is 0.979 bits per heavy atom. The Labute approximate surface area is 285 Å². The average molecular weight is 677 g/mol. The molecule has 3 aromatic rings. The third-order valence-corrected chi connectivity index (χ3v) is 10.2. The maximum atomic E-state index is 13.8. The number of rotatable bonds is 10. The molecule has 1 aromatic heterocycles. The number of amides is 1. The summed E-state index contributed by atoms with van der Waals surface area (Å²) in [5, 5.41) is 8.12. The maximum Gasteiger partial charge on any atom is 0.247 e. The fourth-order valence-electron chi connectivity index (χ4n) is 7.15. The summed E-state index contributed by atoms with van der Waals surface area (Å²) in [4.78, 5) is 35.1. The third kappa shape index (κ3) is 7.07. The van der Waals surface area contributed by atoms with Crippen LogP contribution in [0.4, 0.5) is 33.1 Å². The highest BCUT2D eigenvalue weighted by atomic mass is 35.5. The fourth-order valence-corrected chi connectivity index (χ4v) is 7.34. The van der Waals surface area contributed by atoms with Gasteiger partial charge in [-0.1, -0.05) is 24.2 Å². The lowest BCUT2D eigenvalue weighted by molar-refractivity contribution is -0.111. The van der Waals surface area contributed by atoms with Gasteiger partial charge in [0.05, 0.1) is 41.8 Å². The minimum Gasteiger partial charge on any atom is -0.494 e. The number of ether oxygens (including phenoxy) is 1. The third-order valence-electron chi connectivity index (χ3n) is 9.87. The summed E-state index contributed by atoms with van der Waals surface area (Å²) < 4.78 is 19.7. The lowest BCUT2D eigenvalue weighted by atomic mass is 10.0. The minimum absolute atomic E-state index is 0.0610. The molecule has 0 unspecified atom stereocenters. The van der Waals surface area contributed by atoms with Crippen molar-refractivity contribution in [1.29, 1.82) is 0 Å². The van der Waals surface area contributed by atoms with Gasteiger partial charge in [0.2, 0.25) is 5.91 Å². The first kappa shape index (κ1) is 32.6. The summed E-state index contributed by atoms with van der Waals surface area (Å²) in [5.74, 6) is 0.879. The number of benzene rings is 2. The number of halogens is 2. The van der Waals surface area contributed by atoms with Crippen LogP contribution < -0.4 is 25.3 Å². The normalized spacial score (nSPS) is 20.9. The van der Waals surface area contributed by atoms with E-state index < -0.39 is 5.82 Å². The molecule has 3 aliphatic heterocycles. The van der Waals surface area contributed by atoms with Crippen molar-refractivity contribution in [2.45, 2.75) is 50.2 Å². The highest BCUT2D eigenvalue weighted by Crippen LogP contribution is 2.41. The van der Waals surface area contributed by atoms with Gasteiger partial charge in [-0.3, -0.25) is 19.4 Å². The quantitative estimate of drug-likeness (QED) is 0.257. The number of anilines is 5. The Balaban J connectivity index is 1.08. The van der Waals surface area contributed by atoms with Crippen molar-refractivity contribution in [1.82, 2.24) is 19.8 Å². The average Bonchev–Trinajstić information content (AvgIpc) is 3.85. The number of carbonyl (C=O) groups excluding carboxylic acids is 1. The van der Waals surface area contributed by atoms with E-state index in [2.05, 4.69) is 41.9 Å². The smallest absolute Gasteiger partial charge is 0.247 e. The molecule has 48 heavy (non-hydrogen) atoms. The van der Waals surface area contributed by atoms with E-state index in [-0.39, 0.29) is 17.0 Å². The van der Waals surface area contributed by atoms with Crippen molar-refractivity contribution in [2.75, 3.05) is 73.6 Å². The molecule has 0 spiro atoms. The molecule has 13 heteroatoms. The molecule has 254 valence electrons. The molecular weight excluding hydrogens is 635 g/mol. The number of hydrogen-bond acceptors (Lipinski definition) is 10. The van der Waals surface area contributed by atoms with Crippen LogP contribution in [0.1, 0.15) is 43.7 Å². The second kappa shape index (κ2) is 14.3. The van der Waals surface area contributed by atoms with E-state index in [1.54, 1.807) is 30.4 Å². The van der Waals surface area contributed by atoms with E-state index in [9.17, 15) is 9.18 Å². The molecular formula is C35H42ClFN8O3. The summed E-state index contributed by atoms with van der Waals surface area (Å²) in [6.45, 7) is 10.5. The molecule has 0 radical (unpaired) electrons. The Kier molecular flexibility index (Phi) is 9.67. The van der Waals surface area contributed by atoms with E-state index in [0.717, 1.165) is 56.3 Å². The molecule has 1 atom stereocenters. The van der Waals surface area contributed by atoms with Crippen molar-refractivity contribution in [3.05, 3.63) is 71.8 Å². The van der Waals surface area contributed by atoms with Crippen LogP contribution in [-0.4, -0.2) is 90.7 Å². The molecule has 2 aromatic carbocycles. The van der Waals surface area contributed by atoms with E-state index in [4.69, 9.17) is 21.2 Å². The van der Waals surface area contributed by atoms with E-state index in [1.807, 2.05) is 12.1 Å². The Hall–Kier alpha value is -3.97. The molecule has 2 N–H and O–H groups in total. The zero-order valence-corrected chi connectivity index (χ0v) is 28.0. The van der Waals surface area contributed by atoms with Gasteiger partial charge in [-0.2, -0.15) is 0 Å². The number of nitrogens with one attached hydrogen (secondary N) is 2. The predicted octanol–water partition coefficient (Wildman–Crippen LogP) is 5.78. The number of methoxy groups -OCH3 is 1. The summed E-state index contributed by atoms with van der Waals surface area (Å²) in [7, 11) is 1.63. The van der Waals surface area contributed by atoms with Crippen LogP contribution in [0.2, 0.25) is 5.02 Å². The monoisotopic (exact) mass is 676 g/mol. The molecule has 3 saturated heterocycles. The van der Waals surface area contributed by atoms with Gasteiger partial charge in [-0.05, 0) is 55.5 Å². The summed E-state index contributed by atoms with van der Waals surface area (Å²) >= 11 is 6.08. The number of hydrogen-bond donors (Lipinski definition) is 2. The SMILES string of the molecule is C=CC(=O)Nc1cc(Nc2cc(N3OCC[C@@H]3c3ccc(F)c(Cl)c3)ncn2)c(OC)cc1N1CCC(N2CCN(C3CC3)CC2)CC1. The largest absolute Gasteiger partial charge is 0.494 e. The minimum atomic E-state index is -0.467. The van der Waals surface area contributed by atoms with Crippen molar-refractivity contribution < 1.29 is 18.8 Å². The van der Waals surface area contributed by atoms with Crippen molar-refractivity contribution in [3.63, 3.8) is 0 Å². The number of hydroxylamine groups is 1. The number of piperazine rings is 1. The van der Waals surface area contributed by atoms with Crippen LogP contribution in [-0.2, 0) is 9.63 Å². The predicted molar refractivity (Wildman–Crippen MR) is 186 cm³/mol. The first-order chi connectivity index (χ1) is 23.4.